The smallest absolute Gasteiger partial charge is 0.161 e. The van der Waals surface area contributed by atoms with Crippen LogP contribution in [-0.2, 0) is 0 Å². The Morgan fingerprint density at radius 3 is 2.47 bits per heavy atom. The summed E-state index contributed by atoms with van der Waals surface area (Å²) >= 11 is 0. The van der Waals surface area contributed by atoms with Gasteiger partial charge >= 0.3 is 0 Å². The molecule has 0 fully saturated rings. The van der Waals surface area contributed by atoms with Crippen molar-refractivity contribution >= 4 is 6.21 Å². The molecule has 1 aromatic heterocycles. The molecule has 1 aromatic carbocycles. The van der Waals surface area contributed by atoms with Crippen LogP contribution >= 0.6 is 0 Å². The quantitative estimate of drug-likeness (QED) is 0.745. The Morgan fingerprint density at radius 1 is 1.11 bits per heavy atom. The van der Waals surface area contributed by atoms with Crippen LogP contribution in [0.3, 0.4) is 0 Å². The van der Waals surface area contributed by atoms with E-state index in [1.807, 2.05) is 32.0 Å². The van der Waals surface area contributed by atoms with Crippen LogP contribution < -0.4 is 9.47 Å². The lowest BCUT2D eigenvalue weighted by molar-refractivity contribution is 0.288. The van der Waals surface area contributed by atoms with Crippen molar-refractivity contribution in [1.29, 1.82) is 0 Å². The topological polar surface area (TPSA) is 61.5 Å². The van der Waals surface area contributed by atoms with E-state index >= 15 is 0 Å². The number of nitrogens with zero attached hydrogens (tertiary/aromatic N) is 4. The second kappa shape index (κ2) is 6.53. The highest BCUT2D eigenvalue weighted by Crippen LogP contribution is 2.27. The molecule has 0 atom stereocenters. The van der Waals surface area contributed by atoms with Gasteiger partial charge in [-0.3, -0.25) is 0 Å². The van der Waals surface area contributed by atoms with E-state index < -0.39 is 0 Å². The summed E-state index contributed by atoms with van der Waals surface area (Å²) in [5, 5.41) is 11.5. The average Bonchev–Trinajstić information content (AvgIpc) is 2.93. The van der Waals surface area contributed by atoms with E-state index in [1.165, 1.54) is 17.3 Å². The fourth-order valence-corrected chi connectivity index (χ4v) is 1.54. The zero-order valence-electron chi connectivity index (χ0n) is 11.0. The van der Waals surface area contributed by atoms with Gasteiger partial charge in [-0.1, -0.05) is 0 Å². The molecular formula is C13H16N4O2. The van der Waals surface area contributed by atoms with E-state index in [9.17, 15) is 0 Å². The predicted molar refractivity (Wildman–Crippen MR) is 71.8 cm³/mol. The van der Waals surface area contributed by atoms with Gasteiger partial charge < -0.3 is 9.47 Å². The van der Waals surface area contributed by atoms with Crippen molar-refractivity contribution in [3.63, 3.8) is 0 Å². The lowest BCUT2D eigenvalue weighted by atomic mass is 10.2. The molecule has 0 saturated carbocycles. The van der Waals surface area contributed by atoms with Crippen molar-refractivity contribution in [2.45, 2.75) is 13.8 Å². The zero-order chi connectivity index (χ0) is 13.5. The molecule has 0 amide bonds. The number of rotatable bonds is 6. The van der Waals surface area contributed by atoms with Crippen molar-refractivity contribution in [3.8, 4) is 11.5 Å². The van der Waals surface area contributed by atoms with Crippen LogP contribution in [-0.4, -0.2) is 34.3 Å². The molecule has 0 aliphatic rings. The molecule has 6 heteroatoms. The van der Waals surface area contributed by atoms with E-state index in [2.05, 4.69) is 15.3 Å². The molecule has 0 spiro atoms. The predicted octanol–water partition coefficient (Wildman–Crippen LogP) is 1.96. The van der Waals surface area contributed by atoms with Crippen molar-refractivity contribution in [3.05, 3.63) is 36.4 Å². The second-order valence-corrected chi connectivity index (χ2v) is 3.66. The molecule has 0 saturated heterocycles. The molecule has 2 rings (SSSR count). The zero-order valence-corrected chi connectivity index (χ0v) is 11.0. The molecule has 0 unspecified atom stereocenters. The van der Waals surface area contributed by atoms with Gasteiger partial charge in [0, 0.05) is 0 Å². The standard InChI is InChI=1S/C13H16N4O2/c1-3-18-12-6-5-11(7-13(12)19-4-2)8-16-17-9-14-15-10-17/h5-10H,3-4H2,1-2H3/b16-8-. The fraction of sp³-hybridized carbons (Fsp3) is 0.308. The molecule has 0 aliphatic carbocycles. The minimum Gasteiger partial charge on any atom is -0.490 e. The highest BCUT2D eigenvalue weighted by atomic mass is 16.5. The van der Waals surface area contributed by atoms with Crippen LogP contribution in [0, 0.1) is 0 Å². The Labute approximate surface area is 111 Å². The van der Waals surface area contributed by atoms with Gasteiger partial charge in [0.2, 0.25) is 0 Å². The van der Waals surface area contributed by atoms with E-state index in [-0.39, 0.29) is 0 Å². The summed E-state index contributed by atoms with van der Waals surface area (Å²) in [6.07, 6.45) is 4.75. The van der Waals surface area contributed by atoms with Crippen LogP contribution in [0.1, 0.15) is 19.4 Å². The van der Waals surface area contributed by atoms with E-state index in [0.29, 0.717) is 13.2 Å². The number of ether oxygens (including phenoxy) is 2. The Morgan fingerprint density at radius 2 is 1.79 bits per heavy atom. The maximum Gasteiger partial charge on any atom is 0.161 e. The van der Waals surface area contributed by atoms with Crippen LogP contribution in [0.4, 0.5) is 0 Å². The van der Waals surface area contributed by atoms with Crippen molar-refractivity contribution in [1.82, 2.24) is 14.9 Å². The molecule has 100 valence electrons. The van der Waals surface area contributed by atoms with Gasteiger partial charge in [0.1, 0.15) is 12.7 Å². The summed E-state index contributed by atoms with van der Waals surface area (Å²) in [6.45, 7) is 5.07. The highest BCUT2D eigenvalue weighted by Gasteiger charge is 2.04. The van der Waals surface area contributed by atoms with Gasteiger partial charge in [-0.05, 0) is 37.6 Å². The van der Waals surface area contributed by atoms with Gasteiger partial charge in [-0.15, -0.1) is 10.2 Å². The van der Waals surface area contributed by atoms with Crippen LogP contribution in [0.15, 0.2) is 36.0 Å². The van der Waals surface area contributed by atoms with Gasteiger partial charge in [0.05, 0.1) is 19.4 Å². The summed E-state index contributed by atoms with van der Waals surface area (Å²) in [5.74, 6) is 1.46. The van der Waals surface area contributed by atoms with Crippen LogP contribution in [0.25, 0.3) is 0 Å². The molecular weight excluding hydrogens is 244 g/mol. The fourth-order valence-electron chi connectivity index (χ4n) is 1.54. The number of hydrogen-bond donors (Lipinski definition) is 0. The lowest BCUT2D eigenvalue weighted by Gasteiger charge is -2.10. The summed E-state index contributed by atoms with van der Waals surface area (Å²) < 4.78 is 12.6. The molecule has 0 bridgehead atoms. The highest BCUT2D eigenvalue weighted by molar-refractivity contribution is 5.80. The third kappa shape index (κ3) is 3.54. The second-order valence-electron chi connectivity index (χ2n) is 3.66. The Balaban J connectivity index is 2.19. The SMILES string of the molecule is CCOc1ccc(/C=N\n2cnnc2)cc1OCC. The summed E-state index contributed by atoms with van der Waals surface area (Å²) in [7, 11) is 0. The van der Waals surface area contributed by atoms with Crippen LogP contribution in [0.2, 0.25) is 0 Å². The molecule has 0 N–H and O–H groups in total. The number of benzene rings is 1. The van der Waals surface area contributed by atoms with E-state index in [0.717, 1.165) is 17.1 Å². The van der Waals surface area contributed by atoms with Crippen molar-refractivity contribution < 1.29 is 9.47 Å². The largest absolute Gasteiger partial charge is 0.490 e. The third-order valence-electron chi connectivity index (χ3n) is 2.31. The molecule has 6 nitrogen and oxygen atoms in total. The summed E-state index contributed by atoms with van der Waals surface area (Å²) in [5.41, 5.74) is 0.917. The normalized spacial score (nSPS) is 10.8. The Bertz CT molecular complexity index is 538. The minimum absolute atomic E-state index is 0.589. The molecule has 1 heterocycles. The first-order valence-corrected chi connectivity index (χ1v) is 6.12. The summed E-state index contributed by atoms with van der Waals surface area (Å²) in [6, 6.07) is 5.69. The number of hydrogen-bond acceptors (Lipinski definition) is 5. The Hall–Kier alpha value is -2.37. The van der Waals surface area contributed by atoms with Gasteiger partial charge in [0.25, 0.3) is 0 Å². The van der Waals surface area contributed by atoms with Gasteiger partial charge in [0.15, 0.2) is 11.5 Å². The number of aromatic nitrogens is 3. The molecule has 0 aliphatic heterocycles. The average molecular weight is 260 g/mol. The first-order chi connectivity index (χ1) is 9.33. The van der Waals surface area contributed by atoms with Crippen molar-refractivity contribution in [2.75, 3.05) is 13.2 Å². The first kappa shape index (κ1) is 13.1. The Kier molecular flexibility index (Phi) is 4.49. The molecule has 2 aromatic rings. The molecule has 19 heavy (non-hydrogen) atoms. The van der Waals surface area contributed by atoms with E-state index in [1.54, 1.807) is 6.21 Å². The maximum atomic E-state index is 5.55. The van der Waals surface area contributed by atoms with Gasteiger partial charge in [-0.25, -0.2) is 4.68 Å². The van der Waals surface area contributed by atoms with Crippen LogP contribution in [0.5, 0.6) is 11.5 Å². The maximum absolute atomic E-state index is 5.55. The van der Waals surface area contributed by atoms with Gasteiger partial charge in [-0.2, -0.15) is 5.10 Å². The summed E-state index contributed by atoms with van der Waals surface area (Å²) in [4.78, 5) is 0. The minimum atomic E-state index is 0.589. The lowest BCUT2D eigenvalue weighted by Crippen LogP contribution is -1.99. The van der Waals surface area contributed by atoms with E-state index in [4.69, 9.17) is 9.47 Å². The first-order valence-electron chi connectivity index (χ1n) is 6.12. The molecule has 0 radical (unpaired) electrons. The third-order valence-corrected chi connectivity index (χ3v) is 2.31. The van der Waals surface area contributed by atoms with Crippen molar-refractivity contribution in [2.24, 2.45) is 5.10 Å². The monoisotopic (exact) mass is 260 g/mol.